The number of amidine groups is 1. The van der Waals surface area contributed by atoms with E-state index >= 15 is 0 Å². The molecule has 1 atom stereocenters. The van der Waals surface area contributed by atoms with E-state index in [9.17, 15) is 4.79 Å². The zero-order valence-corrected chi connectivity index (χ0v) is 11.7. The van der Waals surface area contributed by atoms with E-state index in [1.807, 2.05) is 0 Å². The Morgan fingerprint density at radius 1 is 1.35 bits per heavy atom. The van der Waals surface area contributed by atoms with E-state index < -0.39 is 0 Å². The normalized spacial score (nSPS) is 12.7. The maximum Gasteiger partial charge on any atom is 0.251 e. The summed E-state index contributed by atoms with van der Waals surface area (Å²) >= 11 is 0. The zero-order valence-electron chi connectivity index (χ0n) is 11.7. The number of amides is 1. The molecule has 0 aliphatic carbocycles. The topological polar surface area (TPSA) is 106 Å². The standard InChI is InChI=1S/C13H19N3O4/c1-8(12(14)16-18)7-15-13(17)9-4-10(19-2)6-11(5-9)20-3/h4-6,8,18H,7H2,1-3H3,(H2,14,16)(H,15,17). The fraction of sp³-hybridized carbons (Fsp3) is 0.385. The lowest BCUT2D eigenvalue weighted by Crippen LogP contribution is -2.34. The summed E-state index contributed by atoms with van der Waals surface area (Å²) in [6.45, 7) is 2.00. The predicted molar refractivity (Wildman–Crippen MR) is 74.5 cm³/mol. The van der Waals surface area contributed by atoms with Crippen LogP contribution >= 0.6 is 0 Å². The lowest BCUT2D eigenvalue weighted by atomic mass is 10.1. The van der Waals surface area contributed by atoms with Crippen molar-refractivity contribution in [2.75, 3.05) is 20.8 Å². The molecule has 1 aromatic carbocycles. The summed E-state index contributed by atoms with van der Waals surface area (Å²) in [4.78, 5) is 12.0. The van der Waals surface area contributed by atoms with E-state index in [1.54, 1.807) is 25.1 Å². The van der Waals surface area contributed by atoms with Gasteiger partial charge in [-0.1, -0.05) is 12.1 Å². The van der Waals surface area contributed by atoms with Crippen molar-refractivity contribution in [3.05, 3.63) is 23.8 Å². The third-order valence-electron chi connectivity index (χ3n) is 2.80. The van der Waals surface area contributed by atoms with E-state index in [0.717, 1.165) is 0 Å². The molecule has 20 heavy (non-hydrogen) atoms. The van der Waals surface area contributed by atoms with Gasteiger partial charge in [-0.2, -0.15) is 0 Å². The quantitative estimate of drug-likeness (QED) is 0.310. The number of rotatable bonds is 6. The van der Waals surface area contributed by atoms with Crippen molar-refractivity contribution in [2.24, 2.45) is 16.8 Å². The minimum atomic E-state index is -0.292. The largest absolute Gasteiger partial charge is 0.497 e. The summed E-state index contributed by atoms with van der Waals surface area (Å²) in [5.41, 5.74) is 5.85. The lowest BCUT2D eigenvalue weighted by Gasteiger charge is -2.12. The van der Waals surface area contributed by atoms with E-state index in [1.165, 1.54) is 14.2 Å². The summed E-state index contributed by atoms with van der Waals surface area (Å²) in [5, 5.41) is 14.1. The van der Waals surface area contributed by atoms with E-state index in [2.05, 4.69) is 10.5 Å². The summed E-state index contributed by atoms with van der Waals surface area (Å²) in [6, 6.07) is 4.88. The molecule has 0 saturated carbocycles. The highest BCUT2D eigenvalue weighted by Gasteiger charge is 2.13. The molecule has 7 nitrogen and oxygen atoms in total. The van der Waals surface area contributed by atoms with Crippen molar-refractivity contribution in [1.29, 1.82) is 0 Å². The molecule has 1 rings (SSSR count). The van der Waals surface area contributed by atoms with Crippen molar-refractivity contribution in [3.63, 3.8) is 0 Å². The number of nitrogens with zero attached hydrogens (tertiary/aromatic N) is 1. The van der Waals surface area contributed by atoms with Gasteiger partial charge in [0.25, 0.3) is 5.91 Å². The second-order valence-corrected chi connectivity index (χ2v) is 4.24. The van der Waals surface area contributed by atoms with Gasteiger partial charge in [-0.05, 0) is 12.1 Å². The van der Waals surface area contributed by atoms with Gasteiger partial charge < -0.3 is 25.7 Å². The lowest BCUT2D eigenvalue weighted by molar-refractivity contribution is 0.0950. The van der Waals surface area contributed by atoms with Crippen LogP contribution in [0, 0.1) is 5.92 Å². The molecule has 110 valence electrons. The highest BCUT2D eigenvalue weighted by molar-refractivity contribution is 5.95. The van der Waals surface area contributed by atoms with Crippen LogP contribution < -0.4 is 20.5 Å². The average molecular weight is 281 g/mol. The number of nitrogens with two attached hydrogens (primary N) is 1. The Kier molecular flexibility index (Phi) is 5.64. The molecule has 0 spiro atoms. The Morgan fingerprint density at radius 2 is 1.90 bits per heavy atom. The molecule has 0 aromatic heterocycles. The van der Waals surface area contributed by atoms with Crippen LogP contribution in [0.1, 0.15) is 17.3 Å². The molecule has 1 amide bonds. The number of methoxy groups -OCH3 is 2. The fourth-order valence-electron chi connectivity index (χ4n) is 1.49. The Balaban J connectivity index is 2.77. The van der Waals surface area contributed by atoms with Gasteiger partial charge in [0, 0.05) is 24.1 Å². The first-order valence-electron chi connectivity index (χ1n) is 6.00. The van der Waals surface area contributed by atoms with Crippen LogP contribution in [0.5, 0.6) is 11.5 Å². The average Bonchev–Trinajstić information content (AvgIpc) is 2.50. The highest BCUT2D eigenvalue weighted by Crippen LogP contribution is 2.22. The molecule has 0 heterocycles. The van der Waals surface area contributed by atoms with Crippen molar-refractivity contribution in [1.82, 2.24) is 5.32 Å². The summed E-state index contributed by atoms with van der Waals surface area (Å²) in [5.74, 6) is 0.558. The van der Waals surface area contributed by atoms with Crippen molar-refractivity contribution >= 4 is 11.7 Å². The Hall–Kier alpha value is -2.44. The monoisotopic (exact) mass is 281 g/mol. The highest BCUT2D eigenvalue weighted by atomic mass is 16.5. The molecule has 0 saturated heterocycles. The zero-order chi connectivity index (χ0) is 15.1. The summed E-state index contributed by atoms with van der Waals surface area (Å²) < 4.78 is 10.2. The third kappa shape index (κ3) is 4.04. The first-order chi connectivity index (χ1) is 9.51. The number of hydrogen-bond donors (Lipinski definition) is 3. The Bertz CT molecular complexity index is 480. The van der Waals surface area contributed by atoms with E-state index in [4.69, 9.17) is 20.4 Å². The van der Waals surface area contributed by atoms with Crippen LogP contribution in [-0.4, -0.2) is 37.7 Å². The second-order valence-electron chi connectivity index (χ2n) is 4.24. The summed E-state index contributed by atoms with van der Waals surface area (Å²) in [6.07, 6.45) is 0. The summed E-state index contributed by atoms with van der Waals surface area (Å²) in [7, 11) is 3.02. The second kappa shape index (κ2) is 7.22. The van der Waals surface area contributed by atoms with Crippen LogP contribution in [0.15, 0.2) is 23.4 Å². The third-order valence-corrected chi connectivity index (χ3v) is 2.80. The van der Waals surface area contributed by atoms with Gasteiger partial charge >= 0.3 is 0 Å². The molecule has 0 fully saturated rings. The van der Waals surface area contributed by atoms with Gasteiger partial charge in [0.1, 0.15) is 17.3 Å². The number of nitrogens with one attached hydrogen (secondary N) is 1. The van der Waals surface area contributed by atoms with Gasteiger partial charge in [0.15, 0.2) is 0 Å². The Morgan fingerprint density at radius 3 is 2.35 bits per heavy atom. The van der Waals surface area contributed by atoms with Crippen molar-refractivity contribution < 1.29 is 19.5 Å². The number of hydrogen-bond acceptors (Lipinski definition) is 5. The van der Waals surface area contributed by atoms with E-state index in [0.29, 0.717) is 17.1 Å². The number of benzene rings is 1. The molecular weight excluding hydrogens is 262 g/mol. The van der Waals surface area contributed by atoms with Crippen LogP contribution in [0.25, 0.3) is 0 Å². The Labute approximate surface area is 117 Å². The predicted octanol–water partition coefficient (Wildman–Crippen LogP) is 0.816. The maximum atomic E-state index is 12.0. The van der Waals surface area contributed by atoms with Crippen LogP contribution in [0.3, 0.4) is 0 Å². The van der Waals surface area contributed by atoms with Crippen LogP contribution in [-0.2, 0) is 0 Å². The number of carbonyl (C=O) groups is 1. The molecular formula is C13H19N3O4. The van der Waals surface area contributed by atoms with Crippen molar-refractivity contribution in [3.8, 4) is 11.5 Å². The smallest absolute Gasteiger partial charge is 0.251 e. The van der Waals surface area contributed by atoms with Crippen LogP contribution in [0.4, 0.5) is 0 Å². The number of oxime groups is 1. The first kappa shape index (κ1) is 15.6. The van der Waals surface area contributed by atoms with Gasteiger partial charge in [-0.3, -0.25) is 4.79 Å². The molecule has 4 N–H and O–H groups in total. The van der Waals surface area contributed by atoms with Gasteiger partial charge in [-0.15, -0.1) is 0 Å². The van der Waals surface area contributed by atoms with Gasteiger partial charge in [0.2, 0.25) is 0 Å². The first-order valence-corrected chi connectivity index (χ1v) is 6.00. The molecule has 0 radical (unpaired) electrons. The van der Waals surface area contributed by atoms with Crippen LogP contribution in [0.2, 0.25) is 0 Å². The van der Waals surface area contributed by atoms with Gasteiger partial charge in [-0.25, -0.2) is 0 Å². The minimum absolute atomic E-state index is 0.0634. The maximum absolute atomic E-state index is 12.0. The fourth-order valence-corrected chi connectivity index (χ4v) is 1.49. The molecule has 0 bridgehead atoms. The molecule has 0 aliphatic rings. The molecule has 1 unspecified atom stereocenters. The molecule has 1 aromatic rings. The molecule has 0 aliphatic heterocycles. The SMILES string of the molecule is COc1cc(OC)cc(C(=O)NCC(C)C(N)=NO)c1. The number of carbonyl (C=O) groups excluding carboxylic acids is 1. The van der Waals surface area contributed by atoms with Gasteiger partial charge in [0.05, 0.1) is 14.2 Å². The van der Waals surface area contributed by atoms with Crippen molar-refractivity contribution in [2.45, 2.75) is 6.92 Å². The molecule has 7 heteroatoms. The minimum Gasteiger partial charge on any atom is -0.497 e. The number of ether oxygens (including phenoxy) is 2. The van der Waals surface area contributed by atoms with E-state index in [-0.39, 0.29) is 24.2 Å².